The van der Waals surface area contributed by atoms with Crippen LogP contribution in [-0.4, -0.2) is 42.7 Å². The van der Waals surface area contributed by atoms with Crippen molar-refractivity contribution in [3.63, 3.8) is 0 Å². The van der Waals surface area contributed by atoms with E-state index in [0.29, 0.717) is 35.4 Å². The molecule has 2 fully saturated rings. The van der Waals surface area contributed by atoms with Gasteiger partial charge >= 0.3 is 0 Å². The van der Waals surface area contributed by atoms with E-state index in [4.69, 9.17) is 0 Å². The SMILES string of the molecule is CCC1C(=O)C2C(NC3C=CC4C5C=CCCC5C(O)C34)CC=CC2C1CNC. The quantitative estimate of drug-likeness (QED) is 0.626. The Balaban J connectivity index is 1.35. The highest BCUT2D eigenvalue weighted by atomic mass is 16.3. The predicted molar refractivity (Wildman–Crippen MR) is 115 cm³/mol. The summed E-state index contributed by atoms with van der Waals surface area (Å²) in [4.78, 5) is 13.4. The number of aliphatic hydroxyl groups excluding tert-OH is 1. The first-order valence-corrected chi connectivity index (χ1v) is 11.8. The fourth-order valence-electron chi connectivity index (χ4n) is 7.59. The molecule has 4 nitrogen and oxygen atoms in total. The third-order valence-electron chi connectivity index (χ3n) is 8.78. The molecule has 11 atom stereocenters. The molecule has 29 heavy (non-hydrogen) atoms. The van der Waals surface area contributed by atoms with E-state index in [1.54, 1.807) is 0 Å². The Labute approximate surface area is 174 Å². The highest BCUT2D eigenvalue weighted by Gasteiger charge is 2.55. The topological polar surface area (TPSA) is 61.4 Å². The minimum atomic E-state index is -0.239. The van der Waals surface area contributed by atoms with Gasteiger partial charge in [-0.15, -0.1) is 0 Å². The van der Waals surface area contributed by atoms with Gasteiger partial charge in [0.15, 0.2) is 0 Å². The van der Waals surface area contributed by atoms with E-state index in [0.717, 1.165) is 32.2 Å². The molecule has 0 aromatic rings. The third kappa shape index (κ3) is 3.02. The molecular formula is C25H36N2O2. The summed E-state index contributed by atoms with van der Waals surface area (Å²) in [6.45, 7) is 3.06. The van der Waals surface area contributed by atoms with Gasteiger partial charge in [-0.1, -0.05) is 43.4 Å². The summed E-state index contributed by atoms with van der Waals surface area (Å²) in [6, 6.07) is 0.370. The highest BCUT2D eigenvalue weighted by molar-refractivity contribution is 5.87. The molecule has 0 amide bonds. The van der Waals surface area contributed by atoms with Crippen molar-refractivity contribution >= 4 is 5.78 Å². The number of fused-ring (bicyclic) bond motifs is 4. The van der Waals surface area contributed by atoms with Crippen LogP contribution in [0.3, 0.4) is 0 Å². The summed E-state index contributed by atoms with van der Waals surface area (Å²) in [5.74, 6) is 3.04. The Morgan fingerprint density at radius 3 is 2.72 bits per heavy atom. The number of nitrogens with one attached hydrogen (secondary N) is 2. The van der Waals surface area contributed by atoms with Crippen LogP contribution in [0.1, 0.15) is 32.6 Å². The van der Waals surface area contributed by atoms with Crippen LogP contribution in [0.5, 0.6) is 0 Å². The van der Waals surface area contributed by atoms with Gasteiger partial charge in [-0.2, -0.15) is 0 Å². The average molecular weight is 397 g/mol. The first-order valence-electron chi connectivity index (χ1n) is 11.8. The number of rotatable bonds is 5. The first-order chi connectivity index (χ1) is 14.2. The van der Waals surface area contributed by atoms with Crippen molar-refractivity contribution in [1.29, 1.82) is 0 Å². The van der Waals surface area contributed by atoms with E-state index in [1.165, 1.54) is 0 Å². The highest BCUT2D eigenvalue weighted by Crippen LogP contribution is 2.52. The fourth-order valence-corrected chi connectivity index (χ4v) is 7.59. The van der Waals surface area contributed by atoms with E-state index in [9.17, 15) is 9.90 Å². The molecule has 0 heterocycles. The van der Waals surface area contributed by atoms with Gasteiger partial charge in [-0.25, -0.2) is 0 Å². The minimum Gasteiger partial charge on any atom is -0.392 e. The number of Topliss-reactive ketones (excluding diaryl/α,β-unsaturated/α-hetero) is 1. The zero-order chi connectivity index (χ0) is 20.1. The molecule has 5 aliphatic rings. The average Bonchev–Trinajstić information content (AvgIpc) is 3.36. The summed E-state index contributed by atoms with van der Waals surface area (Å²) in [5, 5.41) is 18.3. The molecule has 0 bridgehead atoms. The molecular weight excluding hydrogens is 360 g/mol. The van der Waals surface area contributed by atoms with E-state index < -0.39 is 0 Å². The molecule has 3 N–H and O–H groups in total. The number of carbonyl (C=O) groups is 1. The van der Waals surface area contributed by atoms with Crippen molar-refractivity contribution in [2.45, 2.75) is 50.8 Å². The van der Waals surface area contributed by atoms with Crippen molar-refractivity contribution < 1.29 is 9.90 Å². The summed E-state index contributed by atoms with van der Waals surface area (Å²) < 4.78 is 0. The standard InChI is InChI=1S/C25H36N2O2/c1-3-14-19(13-26-2)16-9-6-10-20(22(16)24(14)28)27-21-12-11-17-15-7-4-5-8-18(15)25(29)23(17)21/h4,6-7,9,11-12,14-23,25-27,29H,3,5,8,10,13H2,1-2H3. The van der Waals surface area contributed by atoms with Crippen LogP contribution < -0.4 is 10.6 Å². The molecule has 5 aliphatic carbocycles. The summed E-state index contributed by atoms with van der Waals surface area (Å²) in [7, 11) is 1.99. The van der Waals surface area contributed by atoms with Crippen LogP contribution in [0.25, 0.3) is 0 Å². The maximum Gasteiger partial charge on any atom is 0.141 e. The fraction of sp³-hybridized carbons (Fsp3) is 0.720. The second-order valence-corrected chi connectivity index (χ2v) is 9.98. The van der Waals surface area contributed by atoms with Gasteiger partial charge in [0.25, 0.3) is 0 Å². The van der Waals surface area contributed by atoms with Crippen LogP contribution in [0, 0.1) is 47.3 Å². The van der Waals surface area contributed by atoms with Gasteiger partial charge in [0.1, 0.15) is 5.78 Å². The zero-order valence-corrected chi connectivity index (χ0v) is 17.7. The monoisotopic (exact) mass is 396 g/mol. The van der Waals surface area contributed by atoms with E-state index in [-0.39, 0.29) is 35.9 Å². The zero-order valence-electron chi connectivity index (χ0n) is 17.7. The number of hydrogen-bond acceptors (Lipinski definition) is 4. The Morgan fingerprint density at radius 2 is 1.93 bits per heavy atom. The maximum absolute atomic E-state index is 13.4. The molecule has 158 valence electrons. The van der Waals surface area contributed by atoms with E-state index in [1.807, 2.05) is 7.05 Å². The molecule has 2 saturated carbocycles. The van der Waals surface area contributed by atoms with Crippen LogP contribution in [0.4, 0.5) is 0 Å². The van der Waals surface area contributed by atoms with Gasteiger partial charge in [0.2, 0.25) is 0 Å². The lowest BCUT2D eigenvalue weighted by Gasteiger charge is -2.36. The van der Waals surface area contributed by atoms with Gasteiger partial charge < -0.3 is 15.7 Å². The number of ketones is 1. The van der Waals surface area contributed by atoms with Crippen molar-refractivity contribution in [2.24, 2.45) is 47.3 Å². The Morgan fingerprint density at radius 1 is 1.10 bits per heavy atom. The van der Waals surface area contributed by atoms with Gasteiger partial charge in [-0.3, -0.25) is 4.79 Å². The lowest BCUT2D eigenvalue weighted by Crippen LogP contribution is -2.50. The minimum absolute atomic E-state index is 0.0801. The molecule has 0 aromatic carbocycles. The van der Waals surface area contributed by atoms with Gasteiger partial charge in [0.05, 0.1) is 6.10 Å². The lowest BCUT2D eigenvalue weighted by molar-refractivity contribution is -0.125. The van der Waals surface area contributed by atoms with E-state index in [2.05, 4.69) is 54.0 Å². The number of allylic oxidation sites excluding steroid dienone is 4. The largest absolute Gasteiger partial charge is 0.392 e. The number of hydrogen-bond donors (Lipinski definition) is 3. The lowest BCUT2D eigenvalue weighted by atomic mass is 9.78. The molecule has 11 unspecified atom stereocenters. The Bertz CT molecular complexity index is 728. The second kappa shape index (κ2) is 7.79. The summed E-state index contributed by atoms with van der Waals surface area (Å²) >= 11 is 0. The normalized spacial score (nSPS) is 50.0. The maximum atomic E-state index is 13.4. The first kappa shape index (κ1) is 19.7. The Kier molecular flexibility index (Phi) is 5.30. The smallest absolute Gasteiger partial charge is 0.141 e. The molecule has 0 saturated heterocycles. The van der Waals surface area contributed by atoms with Gasteiger partial charge in [0, 0.05) is 29.8 Å². The molecule has 0 radical (unpaired) electrons. The number of aliphatic hydroxyl groups is 1. The second-order valence-electron chi connectivity index (χ2n) is 9.98. The Hall–Kier alpha value is -1.23. The third-order valence-corrected chi connectivity index (χ3v) is 8.78. The predicted octanol–water partition coefficient (Wildman–Crippen LogP) is 2.71. The van der Waals surface area contributed by atoms with E-state index >= 15 is 0 Å². The molecule has 0 spiro atoms. The molecule has 0 aromatic heterocycles. The van der Waals surface area contributed by atoms with Crippen molar-refractivity contribution in [3.05, 3.63) is 36.5 Å². The molecule has 4 heteroatoms. The van der Waals surface area contributed by atoms with Crippen LogP contribution >= 0.6 is 0 Å². The summed E-state index contributed by atoms with van der Waals surface area (Å²) in [5.41, 5.74) is 0. The van der Waals surface area contributed by atoms with Crippen LogP contribution in [-0.2, 0) is 4.79 Å². The van der Waals surface area contributed by atoms with Crippen molar-refractivity contribution in [1.82, 2.24) is 10.6 Å². The van der Waals surface area contributed by atoms with Crippen molar-refractivity contribution in [3.8, 4) is 0 Å². The van der Waals surface area contributed by atoms with Crippen molar-refractivity contribution in [2.75, 3.05) is 13.6 Å². The van der Waals surface area contributed by atoms with Gasteiger partial charge in [-0.05, 0) is 68.9 Å². The molecule has 5 rings (SSSR count). The number of carbonyl (C=O) groups excluding carboxylic acids is 1. The molecule has 0 aliphatic heterocycles. The van der Waals surface area contributed by atoms with Crippen LogP contribution in [0.15, 0.2) is 36.5 Å². The summed E-state index contributed by atoms with van der Waals surface area (Å²) in [6.07, 6.45) is 17.7. The van der Waals surface area contributed by atoms with Crippen LogP contribution in [0.2, 0.25) is 0 Å².